The van der Waals surface area contributed by atoms with Crippen molar-refractivity contribution in [1.82, 2.24) is 0 Å². The molecule has 0 N–H and O–H groups in total. The van der Waals surface area contributed by atoms with Crippen LogP contribution in [0.3, 0.4) is 0 Å². The number of nitrogens with zero attached hydrogens (tertiary/aromatic N) is 2. The molecule has 4 rings (SSSR count). The van der Waals surface area contributed by atoms with Gasteiger partial charge in [0.05, 0.1) is 11.6 Å². The Morgan fingerprint density at radius 3 is 2.52 bits per heavy atom. The van der Waals surface area contributed by atoms with Crippen LogP contribution in [0.15, 0.2) is 59.6 Å². The van der Waals surface area contributed by atoms with E-state index in [0.29, 0.717) is 10.7 Å². The quantitative estimate of drug-likeness (QED) is 0.768. The molecule has 0 aliphatic carbocycles. The number of carbonyl (C=O) groups is 3. The van der Waals surface area contributed by atoms with Crippen LogP contribution in [0.5, 0.6) is 0 Å². The zero-order valence-corrected chi connectivity index (χ0v) is 15.8. The van der Waals surface area contributed by atoms with E-state index in [1.54, 1.807) is 19.1 Å². The van der Waals surface area contributed by atoms with Gasteiger partial charge in [-0.05, 0) is 31.5 Å². The Kier molecular flexibility index (Phi) is 4.23. The van der Waals surface area contributed by atoms with Gasteiger partial charge in [-0.25, -0.2) is 4.99 Å². The first-order valence-electron chi connectivity index (χ1n) is 8.71. The summed E-state index contributed by atoms with van der Waals surface area (Å²) < 4.78 is -1.07. The van der Waals surface area contributed by atoms with E-state index in [2.05, 4.69) is 4.99 Å². The number of thioether (sulfide) groups is 1. The second kappa shape index (κ2) is 6.46. The molecule has 2 aromatic carbocycles. The molecule has 2 aliphatic rings. The van der Waals surface area contributed by atoms with Gasteiger partial charge >= 0.3 is 0 Å². The molecule has 27 heavy (non-hydrogen) atoms. The molecule has 1 fully saturated rings. The molecule has 2 atom stereocenters. The lowest BCUT2D eigenvalue weighted by atomic mass is 9.91. The van der Waals surface area contributed by atoms with Crippen molar-refractivity contribution in [2.75, 3.05) is 4.90 Å². The molecule has 6 heteroatoms. The normalized spacial score (nSPS) is 25.3. The van der Waals surface area contributed by atoms with Crippen molar-refractivity contribution < 1.29 is 14.4 Å². The van der Waals surface area contributed by atoms with Gasteiger partial charge in [-0.15, -0.1) is 0 Å². The monoisotopic (exact) mass is 378 g/mol. The maximum absolute atomic E-state index is 13.1. The number of aryl methyl sites for hydroxylation is 1. The first-order valence-corrected chi connectivity index (χ1v) is 9.53. The van der Waals surface area contributed by atoms with Crippen LogP contribution < -0.4 is 4.90 Å². The number of benzene rings is 2. The Bertz CT molecular complexity index is 986. The van der Waals surface area contributed by atoms with Gasteiger partial charge in [0.15, 0.2) is 0 Å². The van der Waals surface area contributed by atoms with Crippen molar-refractivity contribution in [3.05, 3.63) is 65.7 Å². The van der Waals surface area contributed by atoms with Crippen LogP contribution in [0.1, 0.15) is 24.5 Å². The van der Waals surface area contributed by atoms with Crippen LogP contribution in [0, 0.1) is 12.8 Å². The number of rotatable bonds is 3. The molecule has 1 saturated heterocycles. The standard InChI is InChI=1S/C21H18N2O3S/c1-13-7-6-10-15(11-13)23-17(24)12-16(19(23)25)21(2)20(26)22-18(27-21)14-8-4-3-5-9-14/h3-11,16H,12H2,1-2H3/t16-,21+/m1/s1. The van der Waals surface area contributed by atoms with E-state index < -0.39 is 10.7 Å². The van der Waals surface area contributed by atoms with E-state index in [-0.39, 0.29) is 24.1 Å². The molecule has 3 amide bonds. The molecule has 2 aliphatic heterocycles. The molecule has 2 heterocycles. The van der Waals surface area contributed by atoms with E-state index >= 15 is 0 Å². The van der Waals surface area contributed by atoms with Crippen LogP contribution >= 0.6 is 11.8 Å². The minimum atomic E-state index is -1.07. The second-order valence-electron chi connectivity index (χ2n) is 6.96. The molecule has 0 saturated carbocycles. The summed E-state index contributed by atoms with van der Waals surface area (Å²) in [5.74, 6) is -1.70. The van der Waals surface area contributed by atoms with Gasteiger partial charge in [0.1, 0.15) is 9.79 Å². The number of hydrogen-bond donors (Lipinski definition) is 0. The number of hydrogen-bond acceptors (Lipinski definition) is 4. The zero-order valence-electron chi connectivity index (χ0n) is 15.0. The lowest BCUT2D eigenvalue weighted by Gasteiger charge is -2.25. The average Bonchev–Trinajstić information content (AvgIpc) is 3.13. The van der Waals surface area contributed by atoms with Crippen LogP contribution in [-0.2, 0) is 14.4 Å². The Labute approximate surface area is 161 Å². The van der Waals surface area contributed by atoms with Crippen molar-refractivity contribution in [3.63, 3.8) is 0 Å². The van der Waals surface area contributed by atoms with Crippen molar-refractivity contribution in [1.29, 1.82) is 0 Å². The predicted octanol–water partition coefficient (Wildman–Crippen LogP) is 3.35. The van der Waals surface area contributed by atoms with Gasteiger partial charge in [-0.2, -0.15) is 0 Å². The fourth-order valence-electron chi connectivity index (χ4n) is 3.50. The van der Waals surface area contributed by atoms with Gasteiger partial charge in [0.2, 0.25) is 11.8 Å². The summed E-state index contributed by atoms with van der Waals surface area (Å²) in [4.78, 5) is 43.8. The topological polar surface area (TPSA) is 66.8 Å². The maximum Gasteiger partial charge on any atom is 0.263 e. The molecular formula is C21H18N2O3S. The van der Waals surface area contributed by atoms with Crippen LogP contribution in [0.25, 0.3) is 0 Å². The molecule has 0 spiro atoms. The molecule has 0 unspecified atom stereocenters. The molecule has 136 valence electrons. The molecule has 5 nitrogen and oxygen atoms in total. The Morgan fingerprint density at radius 1 is 1.07 bits per heavy atom. The van der Waals surface area contributed by atoms with Crippen LogP contribution in [0.4, 0.5) is 5.69 Å². The first-order chi connectivity index (χ1) is 12.9. The van der Waals surface area contributed by atoms with Crippen molar-refractivity contribution in [3.8, 4) is 0 Å². The highest BCUT2D eigenvalue weighted by Gasteiger charge is 2.56. The minimum Gasteiger partial charge on any atom is -0.274 e. The molecular weight excluding hydrogens is 360 g/mol. The summed E-state index contributed by atoms with van der Waals surface area (Å²) in [6.45, 7) is 3.62. The summed E-state index contributed by atoms with van der Waals surface area (Å²) in [6.07, 6.45) is 0.0135. The molecule has 0 bridgehead atoms. The highest BCUT2D eigenvalue weighted by atomic mass is 32.2. The summed E-state index contributed by atoms with van der Waals surface area (Å²) in [6, 6.07) is 16.7. The first kappa shape index (κ1) is 17.7. The number of amides is 3. The number of carbonyl (C=O) groups excluding carboxylic acids is 3. The van der Waals surface area contributed by atoms with Crippen molar-refractivity contribution >= 4 is 40.2 Å². The van der Waals surface area contributed by atoms with Crippen LogP contribution in [-0.4, -0.2) is 27.5 Å². The van der Waals surface area contributed by atoms with Gasteiger partial charge in [0.25, 0.3) is 5.91 Å². The van der Waals surface area contributed by atoms with E-state index in [9.17, 15) is 14.4 Å². The summed E-state index contributed by atoms with van der Waals surface area (Å²) in [7, 11) is 0. The fraction of sp³-hybridized carbons (Fsp3) is 0.238. The third-order valence-corrected chi connectivity index (χ3v) is 6.43. The number of anilines is 1. The summed E-state index contributed by atoms with van der Waals surface area (Å²) >= 11 is 1.28. The lowest BCUT2D eigenvalue weighted by Crippen LogP contribution is -2.42. The third kappa shape index (κ3) is 2.90. The average molecular weight is 378 g/mol. The largest absolute Gasteiger partial charge is 0.274 e. The van der Waals surface area contributed by atoms with Crippen molar-refractivity contribution in [2.45, 2.75) is 25.0 Å². The summed E-state index contributed by atoms with van der Waals surface area (Å²) in [5.41, 5.74) is 2.35. The minimum absolute atomic E-state index is 0.0135. The smallest absolute Gasteiger partial charge is 0.263 e. The van der Waals surface area contributed by atoms with E-state index in [1.807, 2.05) is 49.4 Å². The Hall–Kier alpha value is -2.73. The van der Waals surface area contributed by atoms with E-state index in [0.717, 1.165) is 11.1 Å². The Balaban J connectivity index is 1.63. The molecule has 0 aromatic heterocycles. The Morgan fingerprint density at radius 2 is 1.81 bits per heavy atom. The van der Waals surface area contributed by atoms with E-state index in [4.69, 9.17) is 0 Å². The van der Waals surface area contributed by atoms with Crippen molar-refractivity contribution in [2.24, 2.45) is 10.9 Å². The highest BCUT2D eigenvalue weighted by Crippen LogP contribution is 2.46. The van der Waals surface area contributed by atoms with Gasteiger partial charge < -0.3 is 0 Å². The SMILES string of the molecule is Cc1cccc(N2C(=O)C[C@@H]([C@]3(C)SC(c4ccccc4)=NC3=O)C2=O)c1. The van der Waals surface area contributed by atoms with Crippen LogP contribution in [0.2, 0.25) is 0 Å². The third-order valence-electron chi connectivity index (χ3n) is 5.03. The zero-order chi connectivity index (χ0) is 19.2. The number of imide groups is 1. The summed E-state index contributed by atoms with van der Waals surface area (Å²) in [5, 5.41) is 0.595. The number of aliphatic imine (C=N–C) groups is 1. The lowest BCUT2D eigenvalue weighted by molar-refractivity contribution is -0.127. The van der Waals surface area contributed by atoms with Gasteiger partial charge in [-0.1, -0.05) is 54.2 Å². The highest BCUT2D eigenvalue weighted by molar-refractivity contribution is 8.16. The maximum atomic E-state index is 13.1. The predicted molar refractivity (Wildman–Crippen MR) is 106 cm³/mol. The fourth-order valence-corrected chi connectivity index (χ4v) is 4.74. The molecule has 2 aromatic rings. The van der Waals surface area contributed by atoms with E-state index in [1.165, 1.54) is 16.7 Å². The second-order valence-corrected chi connectivity index (χ2v) is 8.40. The van der Waals surface area contributed by atoms with Gasteiger partial charge in [0, 0.05) is 12.0 Å². The van der Waals surface area contributed by atoms with Gasteiger partial charge in [-0.3, -0.25) is 19.3 Å². The molecule has 0 radical (unpaired) electrons.